The summed E-state index contributed by atoms with van der Waals surface area (Å²) in [7, 11) is 3.16. The van der Waals surface area contributed by atoms with Gasteiger partial charge < -0.3 is 14.8 Å². The van der Waals surface area contributed by atoms with E-state index in [0.29, 0.717) is 23.6 Å². The van der Waals surface area contributed by atoms with E-state index < -0.39 is 0 Å². The average molecular weight is 356 g/mol. The van der Waals surface area contributed by atoms with Gasteiger partial charge in [0.2, 0.25) is 0 Å². The number of alkyl halides is 1. The molecule has 21 heavy (non-hydrogen) atoms. The molecule has 1 N–H and O–H groups in total. The molecular weight excluding hydrogens is 334 g/mol. The van der Waals surface area contributed by atoms with Gasteiger partial charge in [-0.3, -0.25) is 4.79 Å². The summed E-state index contributed by atoms with van der Waals surface area (Å²) in [6.45, 7) is 0.705. The van der Waals surface area contributed by atoms with Crippen molar-refractivity contribution < 1.29 is 14.3 Å². The first kappa shape index (κ1) is 16.1. The number of hydrogen-bond donors (Lipinski definition) is 1. The van der Waals surface area contributed by atoms with Gasteiger partial charge in [-0.05, 0) is 30.4 Å². The van der Waals surface area contributed by atoms with E-state index in [2.05, 4.69) is 21.2 Å². The standard InChI is InChI=1S/C16H22BrNO3/c1-20-13-7-12(8-14(9-13)21-2)15(19)18-11-16(10-17)5-3-4-6-16/h7-9H,3-6,10-11H2,1-2H3,(H,18,19). The first-order valence-electron chi connectivity index (χ1n) is 7.20. The fourth-order valence-electron chi connectivity index (χ4n) is 2.79. The molecule has 0 bridgehead atoms. The molecule has 1 aliphatic rings. The maximum absolute atomic E-state index is 12.4. The lowest BCUT2D eigenvalue weighted by Crippen LogP contribution is -2.37. The molecule has 2 rings (SSSR count). The van der Waals surface area contributed by atoms with Gasteiger partial charge in [-0.2, -0.15) is 0 Å². The first-order valence-corrected chi connectivity index (χ1v) is 8.32. The number of carbonyl (C=O) groups excluding carboxylic acids is 1. The van der Waals surface area contributed by atoms with Crippen LogP contribution >= 0.6 is 15.9 Å². The van der Waals surface area contributed by atoms with Crippen molar-refractivity contribution in [3.63, 3.8) is 0 Å². The van der Waals surface area contributed by atoms with Crippen LogP contribution in [0.15, 0.2) is 18.2 Å². The molecule has 0 aromatic heterocycles. The number of nitrogens with one attached hydrogen (secondary N) is 1. The minimum Gasteiger partial charge on any atom is -0.497 e. The molecule has 1 aromatic rings. The summed E-state index contributed by atoms with van der Waals surface area (Å²) >= 11 is 3.59. The minimum atomic E-state index is -0.0839. The van der Waals surface area contributed by atoms with Crippen molar-refractivity contribution in [3.8, 4) is 11.5 Å². The molecule has 1 amide bonds. The lowest BCUT2D eigenvalue weighted by Gasteiger charge is -2.26. The van der Waals surface area contributed by atoms with E-state index in [1.54, 1.807) is 32.4 Å². The van der Waals surface area contributed by atoms with Crippen LogP contribution in [0.4, 0.5) is 0 Å². The van der Waals surface area contributed by atoms with Crippen molar-refractivity contribution in [2.75, 3.05) is 26.1 Å². The summed E-state index contributed by atoms with van der Waals surface area (Å²) in [6.07, 6.45) is 4.82. The van der Waals surface area contributed by atoms with E-state index >= 15 is 0 Å². The Kier molecular flexibility index (Phi) is 5.51. The van der Waals surface area contributed by atoms with Crippen LogP contribution in [0.5, 0.6) is 11.5 Å². The maximum atomic E-state index is 12.4. The smallest absolute Gasteiger partial charge is 0.251 e. The van der Waals surface area contributed by atoms with Crippen LogP contribution in [0.3, 0.4) is 0 Å². The highest BCUT2D eigenvalue weighted by atomic mass is 79.9. The van der Waals surface area contributed by atoms with E-state index in [0.717, 1.165) is 5.33 Å². The molecule has 0 saturated heterocycles. The predicted molar refractivity (Wildman–Crippen MR) is 86.6 cm³/mol. The van der Waals surface area contributed by atoms with Gasteiger partial charge in [-0.25, -0.2) is 0 Å². The lowest BCUT2D eigenvalue weighted by molar-refractivity contribution is 0.0935. The fourth-order valence-corrected chi connectivity index (χ4v) is 3.55. The Morgan fingerprint density at radius 1 is 1.19 bits per heavy atom. The second kappa shape index (κ2) is 7.16. The summed E-state index contributed by atoms with van der Waals surface area (Å²) < 4.78 is 10.4. The van der Waals surface area contributed by atoms with Gasteiger partial charge in [0.05, 0.1) is 14.2 Å². The molecule has 4 nitrogen and oxygen atoms in total. The highest BCUT2D eigenvalue weighted by Gasteiger charge is 2.33. The Hall–Kier alpha value is -1.23. The largest absolute Gasteiger partial charge is 0.497 e. The van der Waals surface area contributed by atoms with Crippen LogP contribution < -0.4 is 14.8 Å². The normalized spacial score (nSPS) is 16.5. The highest BCUT2D eigenvalue weighted by Crippen LogP contribution is 2.39. The van der Waals surface area contributed by atoms with Gasteiger partial charge in [0.1, 0.15) is 11.5 Å². The molecule has 0 atom stereocenters. The number of hydrogen-bond acceptors (Lipinski definition) is 3. The van der Waals surface area contributed by atoms with Crippen molar-refractivity contribution in [3.05, 3.63) is 23.8 Å². The Bertz CT molecular complexity index is 476. The zero-order valence-corrected chi connectivity index (χ0v) is 14.2. The Balaban J connectivity index is 2.06. The molecule has 0 radical (unpaired) electrons. The number of carbonyl (C=O) groups is 1. The third-order valence-corrected chi connectivity index (χ3v) is 5.37. The molecule has 1 aromatic carbocycles. The SMILES string of the molecule is COc1cc(OC)cc(C(=O)NCC2(CBr)CCCC2)c1. The second-order valence-electron chi connectivity index (χ2n) is 5.62. The quantitative estimate of drug-likeness (QED) is 0.795. The van der Waals surface area contributed by atoms with Gasteiger partial charge in [-0.15, -0.1) is 0 Å². The van der Waals surface area contributed by atoms with Crippen LogP contribution in [0.25, 0.3) is 0 Å². The van der Waals surface area contributed by atoms with E-state index in [4.69, 9.17) is 9.47 Å². The van der Waals surface area contributed by atoms with Crippen molar-refractivity contribution in [2.24, 2.45) is 5.41 Å². The van der Waals surface area contributed by atoms with Crippen LogP contribution in [0.1, 0.15) is 36.0 Å². The van der Waals surface area contributed by atoms with Crippen LogP contribution in [0, 0.1) is 5.41 Å². The Morgan fingerprint density at radius 3 is 2.24 bits per heavy atom. The van der Waals surface area contributed by atoms with E-state index in [9.17, 15) is 4.79 Å². The molecule has 5 heteroatoms. The third kappa shape index (κ3) is 3.90. The van der Waals surface area contributed by atoms with Gasteiger partial charge in [0.15, 0.2) is 0 Å². The molecule has 116 valence electrons. The van der Waals surface area contributed by atoms with Crippen LogP contribution in [-0.4, -0.2) is 32.0 Å². The minimum absolute atomic E-state index is 0.0839. The Labute approximate surface area is 134 Å². The molecule has 0 spiro atoms. The molecule has 1 aliphatic carbocycles. The Morgan fingerprint density at radius 2 is 1.76 bits per heavy atom. The summed E-state index contributed by atoms with van der Waals surface area (Å²) in [6, 6.07) is 5.22. The van der Waals surface area contributed by atoms with Crippen molar-refractivity contribution in [1.82, 2.24) is 5.32 Å². The van der Waals surface area contributed by atoms with Gasteiger partial charge in [-0.1, -0.05) is 28.8 Å². The van der Waals surface area contributed by atoms with Gasteiger partial charge in [0, 0.05) is 23.5 Å². The number of ether oxygens (including phenoxy) is 2. The zero-order valence-electron chi connectivity index (χ0n) is 12.6. The molecular formula is C16H22BrNO3. The number of methoxy groups -OCH3 is 2. The van der Waals surface area contributed by atoms with Crippen LogP contribution in [0.2, 0.25) is 0 Å². The lowest BCUT2D eigenvalue weighted by atomic mass is 9.89. The maximum Gasteiger partial charge on any atom is 0.251 e. The fraction of sp³-hybridized carbons (Fsp3) is 0.562. The number of benzene rings is 1. The van der Waals surface area contributed by atoms with E-state index in [-0.39, 0.29) is 11.3 Å². The summed E-state index contributed by atoms with van der Waals surface area (Å²) in [5.41, 5.74) is 0.771. The second-order valence-corrected chi connectivity index (χ2v) is 6.19. The summed E-state index contributed by atoms with van der Waals surface area (Å²) in [5.74, 6) is 1.16. The number of amides is 1. The van der Waals surface area contributed by atoms with Gasteiger partial charge >= 0.3 is 0 Å². The number of rotatable bonds is 6. The number of halogens is 1. The van der Waals surface area contributed by atoms with Gasteiger partial charge in [0.25, 0.3) is 5.91 Å². The molecule has 1 saturated carbocycles. The zero-order chi connectivity index (χ0) is 15.3. The summed E-state index contributed by atoms with van der Waals surface area (Å²) in [4.78, 5) is 12.4. The van der Waals surface area contributed by atoms with Crippen LogP contribution in [-0.2, 0) is 0 Å². The van der Waals surface area contributed by atoms with E-state index in [1.165, 1.54) is 25.7 Å². The molecule has 1 fully saturated rings. The summed E-state index contributed by atoms with van der Waals surface area (Å²) in [5, 5.41) is 3.99. The van der Waals surface area contributed by atoms with E-state index in [1.807, 2.05) is 0 Å². The molecule has 0 unspecified atom stereocenters. The predicted octanol–water partition coefficient (Wildman–Crippen LogP) is 3.39. The van der Waals surface area contributed by atoms with Crippen molar-refractivity contribution >= 4 is 21.8 Å². The third-order valence-electron chi connectivity index (χ3n) is 4.19. The molecule has 0 aliphatic heterocycles. The average Bonchev–Trinajstić information content (AvgIpc) is 3.01. The topological polar surface area (TPSA) is 47.6 Å². The molecule has 0 heterocycles. The van der Waals surface area contributed by atoms with Crippen molar-refractivity contribution in [1.29, 1.82) is 0 Å². The highest BCUT2D eigenvalue weighted by molar-refractivity contribution is 9.09. The monoisotopic (exact) mass is 355 g/mol. The first-order chi connectivity index (χ1) is 10.1. The van der Waals surface area contributed by atoms with Crippen molar-refractivity contribution in [2.45, 2.75) is 25.7 Å².